The van der Waals surface area contributed by atoms with Crippen LogP contribution in [0.1, 0.15) is 26.7 Å². The molecule has 1 aromatic carbocycles. The summed E-state index contributed by atoms with van der Waals surface area (Å²) in [7, 11) is 3.28. The predicted octanol–water partition coefficient (Wildman–Crippen LogP) is 4.28. The van der Waals surface area contributed by atoms with Gasteiger partial charge in [-0.05, 0) is 12.8 Å². The molecular weight excluding hydrogens is 308 g/mol. The fourth-order valence-electron chi connectivity index (χ4n) is 1.78. The predicted molar refractivity (Wildman–Crippen MR) is 81.9 cm³/mol. The standard InChI is InChI=1S/C15H23BrO3/c1-5-15(6-2,10-16)11-19-14-8-12(17-3)7-13(9-14)18-4/h7-9H,5-6,10-11H2,1-4H3. The summed E-state index contributed by atoms with van der Waals surface area (Å²) < 4.78 is 16.4. The highest BCUT2D eigenvalue weighted by Crippen LogP contribution is 2.32. The van der Waals surface area contributed by atoms with Gasteiger partial charge in [-0.1, -0.05) is 29.8 Å². The van der Waals surface area contributed by atoms with Crippen LogP contribution in [0.15, 0.2) is 18.2 Å². The molecule has 0 atom stereocenters. The molecule has 0 aliphatic carbocycles. The highest BCUT2D eigenvalue weighted by molar-refractivity contribution is 9.09. The van der Waals surface area contributed by atoms with Gasteiger partial charge in [0.05, 0.1) is 20.8 Å². The molecule has 108 valence electrons. The third-order valence-corrected chi connectivity index (χ3v) is 4.84. The first-order chi connectivity index (χ1) is 9.12. The Hall–Kier alpha value is -0.900. The lowest BCUT2D eigenvalue weighted by Gasteiger charge is -2.29. The van der Waals surface area contributed by atoms with E-state index in [-0.39, 0.29) is 5.41 Å². The van der Waals surface area contributed by atoms with Crippen molar-refractivity contribution in [3.8, 4) is 17.2 Å². The maximum absolute atomic E-state index is 5.94. The molecular formula is C15H23BrO3. The van der Waals surface area contributed by atoms with Gasteiger partial charge in [-0.3, -0.25) is 0 Å². The van der Waals surface area contributed by atoms with E-state index in [0.717, 1.165) is 35.4 Å². The summed E-state index contributed by atoms with van der Waals surface area (Å²) in [6.45, 7) is 5.07. The number of hydrogen-bond acceptors (Lipinski definition) is 3. The van der Waals surface area contributed by atoms with Gasteiger partial charge in [0.25, 0.3) is 0 Å². The Labute approximate surface area is 124 Å². The number of alkyl halides is 1. The maximum Gasteiger partial charge on any atom is 0.126 e. The van der Waals surface area contributed by atoms with Crippen LogP contribution in [0.4, 0.5) is 0 Å². The Bertz CT molecular complexity index is 358. The van der Waals surface area contributed by atoms with Crippen molar-refractivity contribution in [1.29, 1.82) is 0 Å². The molecule has 0 spiro atoms. The fraction of sp³-hybridized carbons (Fsp3) is 0.600. The highest BCUT2D eigenvalue weighted by atomic mass is 79.9. The van der Waals surface area contributed by atoms with Crippen LogP contribution in [-0.2, 0) is 0 Å². The van der Waals surface area contributed by atoms with Crippen LogP contribution in [-0.4, -0.2) is 26.2 Å². The van der Waals surface area contributed by atoms with Crippen molar-refractivity contribution >= 4 is 15.9 Å². The summed E-state index contributed by atoms with van der Waals surface area (Å²) in [5.41, 5.74) is 0.177. The smallest absolute Gasteiger partial charge is 0.126 e. The van der Waals surface area contributed by atoms with Crippen LogP contribution in [0.25, 0.3) is 0 Å². The Balaban J connectivity index is 2.81. The van der Waals surface area contributed by atoms with Gasteiger partial charge in [0.1, 0.15) is 17.2 Å². The summed E-state index contributed by atoms with van der Waals surface area (Å²) in [6.07, 6.45) is 2.16. The van der Waals surface area contributed by atoms with Gasteiger partial charge in [-0.25, -0.2) is 0 Å². The Morgan fingerprint density at radius 3 is 1.79 bits per heavy atom. The molecule has 0 saturated carbocycles. The molecule has 0 aliphatic rings. The molecule has 0 N–H and O–H groups in total. The molecule has 0 heterocycles. The van der Waals surface area contributed by atoms with Gasteiger partial charge in [0.15, 0.2) is 0 Å². The molecule has 0 radical (unpaired) electrons. The van der Waals surface area contributed by atoms with E-state index in [0.29, 0.717) is 6.61 Å². The van der Waals surface area contributed by atoms with Crippen LogP contribution < -0.4 is 14.2 Å². The van der Waals surface area contributed by atoms with Gasteiger partial charge in [0.2, 0.25) is 0 Å². The molecule has 0 aliphatic heterocycles. The van der Waals surface area contributed by atoms with Gasteiger partial charge in [-0.2, -0.15) is 0 Å². The molecule has 0 bridgehead atoms. The number of ether oxygens (including phenoxy) is 3. The molecule has 4 heteroatoms. The largest absolute Gasteiger partial charge is 0.496 e. The normalized spacial score (nSPS) is 11.2. The zero-order valence-corrected chi connectivity index (χ0v) is 13.7. The zero-order valence-electron chi connectivity index (χ0n) is 12.2. The number of halogens is 1. The second kappa shape index (κ2) is 7.63. The third-order valence-electron chi connectivity index (χ3n) is 3.65. The van der Waals surface area contributed by atoms with Crippen molar-refractivity contribution in [2.24, 2.45) is 5.41 Å². The lowest BCUT2D eigenvalue weighted by molar-refractivity contribution is 0.157. The van der Waals surface area contributed by atoms with Gasteiger partial charge < -0.3 is 14.2 Å². The summed E-state index contributed by atoms with van der Waals surface area (Å²) in [4.78, 5) is 0. The molecule has 0 aromatic heterocycles. The van der Waals surface area contributed by atoms with E-state index in [1.54, 1.807) is 14.2 Å². The first-order valence-corrected chi connectivity index (χ1v) is 7.67. The third kappa shape index (κ3) is 4.30. The average molecular weight is 331 g/mol. The number of rotatable bonds is 8. The molecule has 0 unspecified atom stereocenters. The first-order valence-electron chi connectivity index (χ1n) is 6.55. The Morgan fingerprint density at radius 2 is 1.42 bits per heavy atom. The lowest BCUT2D eigenvalue weighted by Crippen LogP contribution is -2.29. The number of hydrogen-bond donors (Lipinski definition) is 0. The minimum Gasteiger partial charge on any atom is -0.496 e. The first kappa shape index (κ1) is 16.2. The minimum absolute atomic E-state index is 0.177. The lowest BCUT2D eigenvalue weighted by atomic mass is 9.86. The molecule has 0 saturated heterocycles. The van der Waals surface area contributed by atoms with E-state index in [4.69, 9.17) is 14.2 Å². The van der Waals surface area contributed by atoms with Crippen molar-refractivity contribution in [2.75, 3.05) is 26.2 Å². The quantitative estimate of drug-likeness (QED) is 0.665. The van der Waals surface area contributed by atoms with Crippen LogP contribution in [0.2, 0.25) is 0 Å². The number of methoxy groups -OCH3 is 2. The van der Waals surface area contributed by atoms with Crippen molar-refractivity contribution in [1.82, 2.24) is 0 Å². The van der Waals surface area contributed by atoms with Crippen molar-refractivity contribution < 1.29 is 14.2 Å². The summed E-state index contributed by atoms with van der Waals surface area (Å²) in [6, 6.07) is 5.60. The summed E-state index contributed by atoms with van der Waals surface area (Å²) >= 11 is 3.59. The molecule has 19 heavy (non-hydrogen) atoms. The molecule has 0 amide bonds. The number of benzene rings is 1. The summed E-state index contributed by atoms with van der Waals surface area (Å²) in [5, 5.41) is 0.939. The fourth-order valence-corrected chi connectivity index (χ4v) is 2.74. The van der Waals surface area contributed by atoms with Crippen molar-refractivity contribution in [3.05, 3.63) is 18.2 Å². The zero-order chi connectivity index (χ0) is 14.3. The van der Waals surface area contributed by atoms with Crippen molar-refractivity contribution in [2.45, 2.75) is 26.7 Å². The van der Waals surface area contributed by atoms with Gasteiger partial charge in [-0.15, -0.1) is 0 Å². The van der Waals surface area contributed by atoms with E-state index in [1.807, 2.05) is 18.2 Å². The van der Waals surface area contributed by atoms with E-state index in [9.17, 15) is 0 Å². The van der Waals surface area contributed by atoms with Crippen molar-refractivity contribution in [3.63, 3.8) is 0 Å². The maximum atomic E-state index is 5.94. The van der Waals surface area contributed by atoms with E-state index in [2.05, 4.69) is 29.8 Å². The highest BCUT2D eigenvalue weighted by Gasteiger charge is 2.25. The molecule has 0 fully saturated rings. The van der Waals surface area contributed by atoms with Gasteiger partial charge >= 0.3 is 0 Å². The van der Waals surface area contributed by atoms with Crippen LogP contribution >= 0.6 is 15.9 Å². The molecule has 3 nitrogen and oxygen atoms in total. The van der Waals surface area contributed by atoms with Gasteiger partial charge in [0, 0.05) is 28.9 Å². The van der Waals surface area contributed by atoms with E-state index < -0.39 is 0 Å². The Morgan fingerprint density at radius 1 is 0.947 bits per heavy atom. The second-order valence-corrected chi connectivity index (χ2v) is 5.24. The van der Waals surface area contributed by atoms with Crippen LogP contribution in [0.5, 0.6) is 17.2 Å². The Kier molecular flexibility index (Phi) is 6.49. The van der Waals surface area contributed by atoms with E-state index in [1.165, 1.54) is 0 Å². The average Bonchev–Trinajstić information content (AvgIpc) is 2.48. The topological polar surface area (TPSA) is 27.7 Å². The van der Waals surface area contributed by atoms with Crippen LogP contribution in [0, 0.1) is 5.41 Å². The van der Waals surface area contributed by atoms with Crippen LogP contribution in [0.3, 0.4) is 0 Å². The molecule has 1 aromatic rings. The summed E-state index contributed by atoms with van der Waals surface area (Å²) in [5.74, 6) is 2.27. The second-order valence-electron chi connectivity index (χ2n) is 4.68. The molecule has 1 rings (SSSR count). The SMILES string of the molecule is CCC(CC)(CBr)COc1cc(OC)cc(OC)c1. The minimum atomic E-state index is 0.177. The van der Waals surface area contributed by atoms with E-state index >= 15 is 0 Å². The monoisotopic (exact) mass is 330 g/mol.